The molecule has 0 unspecified atom stereocenters. The standard InChI is InChI=1S/C12H8ClN3O/c13-7-3-4-9-8(6-7)11(16-12(14)15-9)10-2-1-5-17-10/h1-6H,(H2,14,15,16). The van der Waals surface area contributed by atoms with E-state index in [0.717, 1.165) is 10.9 Å². The van der Waals surface area contributed by atoms with E-state index in [1.54, 1.807) is 24.5 Å². The number of halogens is 1. The van der Waals surface area contributed by atoms with Gasteiger partial charge < -0.3 is 10.2 Å². The van der Waals surface area contributed by atoms with Gasteiger partial charge in [-0.05, 0) is 30.3 Å². The highest BCUT2D eigenvalue weighted by Gasteiger charge is 2.11. The number of nitrogens with two attached hydrogens (primary N) is 1. The van der Waals surface area contributed by atoms with Crippen LogP contribution in [0.5, 0.6) is 0 Å². The van der Waals surface area contributed by atoms with E-state index in [9.17, 15) is 0 Å². The molecule has 0 saturated heterocycles. The van der Waals surface area contributed by atoms with Crippen LogP contribution in [0.25, 0.3) is 22.4 Å². The summed E-state index contributed by atoms with van der Waals surface area (Å²) in [5.74, 6) is 0.859. The lowest BCUT2D eigenvalue weighted by molar-refractivity contribution is 0.581. The van der Waals surface area contributed by atoms with Gasteiger partial charge in [-0.3, -0.25) is 0 Å². The van der Waals surface area contributed by atoms with E-state index in [1.807, 2.05) is 12.1 Å². The van der Waals surface area contributed by atoms with Gasteiger partial charge in [-0.25, -0.2) is 9.97 Å². The zero-order valence-corrected chi connectivity index (χ0v) is 9.48. The average molecular weight is 246 g/mol. The fourth-order valence-corrected chi connectivity index (χ4v) is 1.89. The van der Waals surface area contributed by atoms with Crippen LogP contribution in [-0.4, -0.2) is 9.97 Å². The smallest absolute Gasteiger partial charge is 0.221 e. The van der Waals surface area contributed by atoms with Crippen LogP contribution in [-0.2, 0) is 0 Å². The molecule has 0 radical (unpaired) electrons. The molecule has 3 aromatic rings. The molecule has 0 atom stereocenters. The summed E-state index contributed by atoms with van der Waals surface area (Å²) in [7, 11) is 0. The molecule has 2 aromatic heterocycles. The molecule has 0 aliphatic carbocycles. The average Bonchev–Trinajstić information content (AvgIpc) is 2.82. The molecule has 2 N–H and O–H groups in total. The predicted molar refractivity (Wildman–Crippen MR) is 66.7 cm³/mol. The summed E-state index contributed by atoms with van der Waals surface area (Å²) >= 11 is 5.97. The summed E-state index contributed by atoms with van der Waals surface area (Å²) in [5, 5.41) is 1.44. The minimum Gasteiger partial charge on any atom is -0.463 e. The van der Waals surface area contributed by atoms with Gasteiger partial charge in [-0.2, -0.15) is 0 Å². The lowest BCUT2D eigenvalue weighted by Gasteiger charge is -2.04. The highest BCUT2D eigenvalue weighted by Crippen LogP contribution is 2.28. The maximum atomic E-state index is 5.97. The largest absolute Gasteiger partial charge is 0.463 e. The molecule has 0 amide bonds. The minimum absolute atomic E-state index is 0.214. The van der Waals surface area contributed by atoms with E-state index in [4.69, 9.17) is 21.8 Å². The summed E-state index contributed by atoms with van der Waals surface area (Å²) < 4.78 is 5.33. The third kappa shape index (κ3) is 1.72. The van der Waals surface area contributed by atoms with Gasteiger partial charge >= 0.3 is 0 Å². The van der Waals surface area contributed by atoms with Crippen LogP contribution < -0.4 is 5.73 Å². The highest BCUT2D eigenvalue weighted by molar-refractivity contribution is 6.31. The topological polar surface area (TPSA) is 64.9 Å². The number of hydrogen-bond acceptors (Lipinski definition) is 4. The van der Waals surface area contributed by atoms with Crippen LogP contribution in [0.1, 0.15) is 0 Å². The number of nitrogen functional groups attached to an aromatic ring is 1. The number of aromatic nitrogens is 2. The van der Waals surface area contributed by atoms with Crippen LogP contribution in [0.4, 0.5) is 5.95 Å². The maximum absolute atomic E-state index is 5.97. The molecule has 0 spiro atoms. The van der Waals surface area contributed by atoms with Gasteiger partial charge in [-0.1, -0.05) is 11.6 Å². The molecule has 5 heteroatoms. The van der Waals surface area contributed by atoms with E-state index in [0.29, 0.717) is 16.5 Å². The first-order valence-electron chi connectivity index (χ1n) is 5.01. The van der Waals surface area contributed by atoms with Crippen molar-refractivity contribution in [3.8, 4) is 11.5 Å². The second kappa shape index (κ2) is 3.75. The van der Waals surface area contributed by atoms with Crippen molar-refractivity contribution in [2.45, 2.75) is 0 Å². The van der Waals surface area contributed by atoms with Crippen molar-refractivity contribution in [2.24, 2.45) is 0 Å². The van der Waals surface area contributed by atoms with E-state index < -0.39 is 0 Å². The molecular formula is C12H8ClN3O. The molecule has 17 heavy (non-hydrogen) atoms. The van der Waals surface area contributed by atoms with E-state index >= 15 is 0 Å². The zero-order valence-electron chi connectivity index (χ0n) is 8.72. The molecular weight excluding hydrogens is 238 g/mol. The Morgan fingerprint density at radius 1 is 1.18 bits per heavy atom. The molecule has 0 aliphatic heterocycles. The Balaban J connectivity index is 2.39. The van der Waals surface area contributed by atoms with Crippen LogP contribution in [0, 0.1) is 0 Å². The van der Waals surface area contributed by atoms with Crippen molar-refractivity contribution in [3.05, 3.63) is 41.6 Å². The first kappa shape index (κ1) is 10.1. The van der Waals surface area contributed by atoms with Crippen molar-refractivity contribution in [3.63, 3.8) is 0 Å². The van der Waals surface area contributed by atoms with Crippen LogP contribution >= 0.6 is 11.6 Å². The van der Waals surface area contributed by atoms with Crippen molar-refractivity contribution >= 4 is 28.5 Å². The number of rotatable bonds is 1. The van der Waals surface area contributed by atoms with Crippen LogP contribution in [0.15, 0.2) is 41.0 Å². The Bertz CT molecular complexity index is 680. The fourth-order valence-electron chi connectivity index (χ4n) is 1.72. The first-order valence-corrected chi connectivity index (χ1v) is 5.38. The van der Waals surface area contributed by atoms with Gasteiger partial charge in [0.1, 0.15) is 5.69 Å². The third-order valence-electron chi connectivity index (χ3n) is 2.43. The van der Waals surface area contributed by atoms with Gasteiger partial charge in [0, 0.05) is 10.4 Å². The Morgan fingerprint density at radius 3 is 2.82 bits per heavy atom. The number of hydrogen-bond donors (Lipinski definition) is 1. The Labute approximate surface area is 102 Å². The number of fused-ring (bicyclic) bond motifs is 1. The molecule has 4 nitrogen and oxygen atoms in total. The Hall–Kier alpha value is -2.07. The number of benzene rings is 1. The lowest BCUT2D eigenvalue weighted by Crippen LogP contribution is -1.97. The summed E-state index contributed by atoms with van der Waals surface area (Å²) in [4.78, 5) is 8.35. The highest BCUT2D eigenvalue weighted by atomic mass is 35.5. The summed E-state index contributed by atoms with van der Waals surface area (Å²) in [6, 6.07) is 8.99. The van der Waals surface area contributed by atoms with Crippen molar-refractivity contribution in [2.75, 3.05) is 5.73 Å². The van der Waals surface area contributed by atoms with Crippen molar-refractivity contribution < 1.29 is 4.42 Å². The number of furan rings is 1. The molecule has 84 valence electrons. The predicted octanol–water partition coefficient (Wildman–Crippen LogP) is 3.13. The third-order valence-corrected chi connectivity index (χ3v) is 2.66. The lowest BCUT2D eigenvalue weighted by atomic mass is 10.1. The van der Waals surface area contributed by atoms with Crippen LogP contribution in [0.3, 0.4) is 0 Å². The van der Waals surface area contributed by atoms with Gasteiger partial charge in [0.05, 0.1) is 11.8 Å². The monoisotopic (exact) mass is 245 g/mol. The van der Waals surface area contributed by atoms with Gasteiger partial charge in [0.15, 0.2) is 5.76 Å². The van der Waals surface area contributed by atoms with E-state index in [1.165, 1.54) is 0 Å². The summed E-state index contributed by atoms with van der Waals surface area (Å²) in [6.45, 7) is 0. The maximum Gasteiger partial charge on any atom is 0.221 e. The zero-order chi connectivity index (χ0) is 11.8. The van der Waals surface area contributed by atoms with Gasteiger partial charge in [0.2, 0.25) is 5.95 Å². The van der Waals surface area contributed by atoms with Crippen LogP contribution in [0.2, 0.25) is 5.02 Å². The summed E-state index contributed by atoms with van der Waals surface area (Å²) in [6.07, 6.45) is 1.59. The Kier molecular flexibility index (Phi) is 2.23. The number of anilines is 1. The van der Waals surface area contributed by atoms with Gasteiger partial charge in [-0.15, -0.1) is 0 Å². The first-order chi connectivity index (χ1) is 8.24. The molecule has 0 saturated carbocycles. The molecule has 0 aliphatic rings. The minimum atomic E-state index is 0.214. The molecule has 3 rings (SSSR count). The fraction of sp³-hybridized carbons (Fsp3) is 0. The number of nitrogens with zero attached hydrogens (tertiary/aromatic N) is 2. The van der Waals surface area contributed by atoms with Crippen molar-refractivity contribution in [1.82, 2.24) is 9.97 Å². The second-order valence-corrected chi connectivity index (χ2v) is 4.01. The van der Waals surface area contributed by atoms with Crippen molar-refractivity contribution in [1.29, 1.82) is 0 Å². The molecule has 0 fully saturated rings. The SMILES string of the molecule is Nc1nc(-c2ccco2)c2cc(Cl)ccc2n1. The quantitative estimate of drug-likeness (QED) is 0.715. The molecule has 0 bridgehead atoms. The molecule has 2 heterocycles. The second-order valence-electron chi connectivity index (χ2n) is 3.57. The van der Waals surface area contributed by atoms with E-state index in [-0.39, 0.29) is 5.95 Å². The summed E-state index contributed by atoms with van der Waals surface area (Å²) in [5.41, 5.74) is 7.07. The Morgan fingerprint density at radius 2 is 2.06 bits per heavy atom. The van der Waals surface area contributed by atoms with Gasteiger partial charge in [0.25, 0.3) is 0 Å². The molecule has 1 aromatic carbocycles. The van der Waals surface area contributed by atoms with E-state index in [2.05, 4.69) is 9.97 Å². The normalized spacial score (nSPS) is 10.9.